The van der Waals surface area contributed by atoms with Crippen LogP contribution in [0, 0.1) is 16.3 Å². The van der Waals surface area contributed by atoms with E-state index in [1.807, 2.05) is 13.8 Å². The van der Waals surface area contributed by atoms with Crippen molar-refractivity contribution in [3.63, 3.8) is 0 Å². The molecule has 2 heterocycles. The molecule has 1 atom stereocenters. The summed E-state index contributed by atoms with van der Waals surface area (Å²) in [5.74, 6) is 0.266. The average molecular weight is 346 g/mol. The van der Waals surface area contributed by atoms with Crippen LogP contribution in [0.25, 0.3) is 0 Å². The molecule has 0 aromatic carbocycles. The first-order valence-corrected chi connectivity index (χ1v) is 6.20. The largest absolute Gasteiger partial charge is 0.383 e. The quantitative estimate of drug-likeness (QED) is 0.851. The van der Waals surface area contributed by atoms with E-state index in [0.29, 0.717) is 5.82 Å². The van der Waals surface area contributed by atoms with E-state index in [4.69, 9.17) is 5.73 Å². The molecule has 6 heteroatoms. The summed E-state index contributed by atoms with van der Waals surface area (Å²) in [6.07, 6.45) is 1.20. The lowest BCUT2D eigenvalue weighted by atomic mass is 10.2. The number of hydrogen-bond acceptors (Lipinski definition) is 3. The number of nitrogens with two attached hydrogens (primary N) is 1. The highest BCUT2D eigenvalue weighted by Gasteiger charge is 2.17. The molecule has 0 saturated heterocycles. The van der Waals surface area contributed by atoms with E-state index in [1.165, 1.54) is 12.3 Å². The Bertz CT molecular complexity index is 535. The molecule has 4 nitrogen and oxygen atoms in total. The summed E-state index contributed by atoms with van der Waals surface area (Å²) >= 11 is 2.16. The summed E-state index contributed by atoms with van der Waals surface area (Å²) in [5, 5.41) is 4.36. The number of halogens is 2. The maximum Gasteiger partial charge on any atom is 0.141 e. The third-order valence-electron chi connectivity index (χ3n) is 2.59. The van der Waals surface area contributed by atoms with E-state index in [0.717, 1.165) is 15.0 Å². The molecule has 0 aliphatic heterocycles. The Morgan fingerprint density at radius 2 is 2.18 bits per heavy atom. The molecule has 1 unspecified atom stereocenters. The number of nitrogen functional groups attached to an aromatic ring is 1. The van der Waals surface area contributed by atoms with Gasteiger partial charge in [-0.05, 0) is 48.6 Å². The highest BCUT2D eigenvalue weighted by atomic mass is 127. The van der Waals surface area contributed by atoms with Gasteiger partial charge in [-0.15, -0.1) is 0 Å². The van der Waals surface area contributed by atoms with Crippen molar-refractivity contribution in [2.45, 2.75) is 19.9 Å². The third kappa shape index (κ3) is 2.26. The maximum absolute atomic E-state index is 12.8. The molecule has 0 aliphatic rings. The van der Waals surface area contributed by atoms with Crippen LogP contribution in [0.3, 0.4) is 0 Å². The van der Waals surface area contributed by atoms with Gasteiger partial charge in [0.25, 0.3) is 0 Å². The first-order chi connectivity index (χ1) is 8.00. The van der Waals surface area contributed by atoms with E-state index in [9.17, 15) is 4.39 Å². The molecule has 2 N–H and O–H groups in total. The predicted molar refractivity (Wildman–Crippen MR) is 72.1 cm³/mol. The van der Waals surface area contributed by atoms with Crippen LogP contribution in [0.1, 0.15) is 24.4 Å². The third-order valence-corrected chi connectivity index (χ3v) is 3.93. The van der Waals surface area contributed by atoms with Gasteiger partial charge in [0.1, 0.15) is 11.6 Å². The monoisotopic (exact) mass is 346 g/mol. The molecule has 0 spiro atoms. The normalized spacial score (nSPS) is 12.7. The Morgan fingerprint density at radius 3 is 2.65 bits per heavy atom. The fourth-order valence-electron chi connectivity index (χ4n) is 1.60. The molecular formula is C11H12FIN4. The number of anilines is 1. The summed E-state index contributed by atoms with van der Waals surface area (Å²) in [7, 11) is 0. The topological polar surface area (TPSA) is 56.7 Å². The predicted octanol–water partition coefficient (Wildman–Crippen LogP) is 2.52. The first-order valence-electron chi connectivity index (χ1n) is 5.12. The minimum Gasteiger partial charge on any atom is -0.383 e. The number of aromatic nitrogens is 3. The fraction of sp³-hybridized carbons (Fsp3) is 0.273. The summed E-state index contributed by atoms with van der Waals surface area (Å²) < 4.78 is 15.4. The second-order valence-corrected chi connectivity index (χ2v) is 4.89. The summed E-state index contributed by atoms with van der Waals surface area (Å²) in [5.41, 5.74) is 7.58. The van der Waals surface area contributed by atoms with Gasteiger partial charge in [0.15, 0.2) is 0 Å². The number of aryl methyl sites for hydroxylation is 1. The molecule has 17 heavy (non-hydrogen) atoms. The lowest BCUT2D eigenvalue weighted by Gasteiger charge is -2.13. The Hall–Kier alpha value is -1.18. The smallest absolute Gasteiger partial charge is 0.141 e. The molecule has 2 aromatic heterocycles. The molecule has 0 bridgehead atoms. The zero-order valence-electron chi connectivity index (χ0n) is 9.48. The van der Waals surface area contributed by atoms with Crippen molar-refractivity contribution in [1.29, 1.82) is 0 Å². The molecule has 90 valence electrons. The van der Waals surface area contributed by atoms with Gasteiger partial charge in [-0.25, -0.2) is 9.07 Å². The number of rotatable bonds is 2. The SMILES string of the molecule is Cc1nn(C(C)c2ccc(F)cn2)c(N)c1I. The Balaban J connectivity index is 2.40. The summed E-state index contributed by atoms with van der Waals surface area (Å²) in [6, 6.07) is 2.91. The van der Waals surface area contributed by atoms with Crippen LogP contribution in [0.4, 0.5) is 10.2 Å². The van der Waals surface area contributed by atoms with Gasteiger partial charge in [0.2, 0.25) is 0 Å². The average Bonchev–Trinajstić information content (AvgIpc) is 2.57. The minimum atomic E-state index is -0.347. The maximum atomic E-state index is 12.8. The van der Waals surface area contributed by atoms with Crippen LogP contribution in [0.2, 0.25) is 0 Å². The molecule has 0 radical (unpaired) electrons. The van der Waals surface area contributed by atoms with Gasteiger partial charge in [-0.3, -0.25) is 4.98 Å². The Labute approximate surface area is 112 Å². The molecule has 0 aliphatic carbocycles. The van der Waals surface area contributed by atoms with Gasteiger partial charge in [-0.1, -0.05) is 0 Å². The second kappa shape index (κ2) is 4.59. The van der Waals surface area contributed by atoms with E-state index in [-0.39, 0.29) is 11.9 Å². The zero-order chi connectivity index (χ0) is 12.6. The summed E-state index contributed by atoms with van der Waals surface area (Å²) in [6.45, 7) is 3.83. The molecule has 2 aromatic rings. The number of nitrogens with zero attached hydrogens (tertiary/aromatic N) is 3. The van der Waals surface area contributed by atoms with Crippen LogP contribution in [0.5, 0.6) is 0 Å². The van der Waals surface area contributed by atoms with E-state index >= 15 is 0 Å². The van der Waals surface area contributed by atoms with Gasteiger partial charge < -0.3 is 5.73 Å². The first kappa shape index (κ1) is 12.3. The van der Waals surface area contributed by atoms with Gasteiger partial charge >= 0.3 is 0 Å². The van der Waals surface area contributed by atoms with Gasteiger partial charge in [-0.2, -0.15) is 5.10 Å². The molecule has 2 rings (SSSR count). The Kier molecular flexibility index (Phi) is 3.32. The molecular weight excluding hydrogens is 334 g/mol. The van der Waals surface area contributed by atoms with E-state index < -0.39 is 0 Å². The van der Waals surface area contributed by atoms with Crippen LogP contribution in [0.15, 0.2) is 18.3 Å². The van der Waals surface area contributed by atoms with Crippen LogP contribution in [-0.2, 0) is 0 Å². The standard InChI is InChI=1S/C11H12FIN4/c1-6-10(13)11(14)17(16-6)7(2)9-4-3-8(12)5-15-9/h3-5,7H,14H2,1-2H3. The van der Waals surface area contributed by atoms with Crippen LogP contribution >= 0.6 is 22.6 Å². The highest BCUT2D eigenvalue weighted by molar-refractivity contribution is 14.1. The van der Waals surface area contributed by atoms with Crippen molar-refractivity contribution in [1.82, 2.24) is 14.8 Å². The van der Waals surface area contributed by atoms with Gasteiger partial charge in [0, 0.05) is 0 Å². The second-order valence-electron chi connectivity index (χ2n) is 3.81. The van der Waals surface area contributed by atoms with Crippen molar-refractivity contribution in [3.8, 4) is 0 Å². The van der Waals surface area contributed by atoms with E-state index in [2.05, 4.69) is 32.7 Å². The molecule has 0 fully saturated rings. The lowest BCUT2D eigenvalue weighted by Crippen LogP contribution is -2.13. The number of hydrogen-bond donors (Lipinski definition) is 1. The number of pyridine rings is 1. The van der Waals surface area contributed by atoms with Crippen molar-refractivity contribution in [2.24, 2.45) is 0 Å². The highest BCUT2D eigenvalue weighted by Crippen LogP contribution is 2.24. The van der Waals surface area contributed by atoms with E-state index in [1.54, 1.807) is 10.7 Å². The van der Waals surface area contributed by atoms with Gasteiger partial charge in [0.05, 0.1) is 27.2 Å². The molecule has 0 saturated carbocycles. The fourth-order valence-corrected chi connectivity index (χ4v) is 1.96. The van der Waals surface area contributed by atoms with Crippen molar-refractivity contribution in [2.75, 3.05) is 5.73 Å². The van der Waals surface area contributed by atoms with Crippen molar-refractivity contribution in [3.05, 3.63) is 39.1 Å². The minimum absolute atomic E-state index is 0.113. The van der Waals surface area contributed by atoms with Crippen molar-refractivity contribution >= 4 is 28.4 Å². The van der Waals surface area contributed by atoms with Crippen LogP contribution < -0.4 is 5.73 Å². The Morgan fingerprint density at radius 1 is 1.47 bits per heavy atom. The summed E-state index contributed by atoms with van der Waals surface area (Å²) in [4.78, 5) is 4.04. The van der Waals surface area contributed by atoms with Crippen molar-refractivity contribution < 1.29 is 4.39 Å². The van der Waals surface area contributed by atoms with Crippen LogP contribution in [-0.4, -0.2) is 14.8 Å². The zero-order valence-corrected chi connectivity index (χ0v) is 11.6. The molecule has 0 amide bonds. The lowest BCUT2D eigenvalue weighted by molar-refractivity contribution is 0.549.